The number of fused-ring (bicyclic) bond motifs is 1. The molecule has 0 saturated carbocycles. The maximum absolute atomic E-state index is 12.4. The minimum Gasteiger partial charge on any atom is -0.478 e. The summed E-state index contributed by atoms with van der Waals surface area (Å²) in [6.07, 6.45) is 0.545. The van der Waals surface area contributed by atoms with E-state index in [0.29, 0.717) is 36.6 Å². The zero-order valence-electron chi connectivity index (χ0n) is 11.6. The summed E-state index contributed by atoms with van der Waals surface area (Å²) in [5.41, 5.74) is 2.04. The van der Waals surface area contributed by atoms with E-state index in [-0.39, 0.29) is 5.91 Å². The average Bonchev–Trinajstić information content (AvgIpc) is 2.91. The van der Waals surface area contributed by atoms with Gasteiger partial charge in [-0.3, -0.25) is 4.79 Å². The normalized spacial score (nSPS) is 13.9. The van der Waals surface area contributed by atoms with E-state index < -0.39 is 5.97 Å². The third-order valence-electron chi connectivity index (χ3n) is 3.73. The molecule has 0 radical (unpaired) electrons. The summed E-state index contributed by atoms with van der Waals surface area (Å²) in [4.78, 5) is 25.3. The fraction of sp³-hybridized carbons (Fsp3) is 0.250. The maximum Gasteiger partial charge on any atom is 0.335 e. The van der Waals surface area contributed by atoms with E-state index in [1.807, 2.05) is 6.07 Å². The summed E-state index contributed by atoms with van der Waals surface area (Å²) in [5, 5.41) is 9.20. The smallest absolute Gasteiger partial charge is 0.335 e. The first-order chi connectivity index (χ1) is 10.1. The number of furan rings is 1. The van der Waals surface area contributed by atoms with Gasteiger partial charge in [-0.25, -0.2) is 4.79 Å². The third kappa shape index (κ3) is 2.42. The molecule has 1 aliphatic heterocycles. The van der Waals surface area contributed by atoms with Gasteiger partial charge in [0.25, 0.3) is 5.91 Å². The number of aryl methyl sites for hydroxylation is 1. The monoisotopic (exact) mass is 285 g/mol. The summed E-state index contributed by atoms with van der Waals surface area (Å²) in [5.74, 6) is -0.0583. The number of carbonyl (C=O) groups excluding carboxylic acids is 1. The summed E-state index contributed by atoms with van der Waals surface area (Å²) in [7, 11) is 0. The van der Waals surface area contributed by atoms with Crippen LogP contribution in [0.1, 0.15) is 37.8 Å². The molecule has 0 unspecified atom stereocenters. The average molecular weight is 285 g/mol. The summed E-state index contributed by atoms with van der Waals surface area (Å²) < 4.78 is 5.36. The van der Waals surface area contributed by atoms with Crippen LogP contribution in [0.15, 0.2) is 34.7 Å². The van der Waals surface area contributed by atoms with Crippen molar-refractivity contribution in [1.29, 1.82) is 0 Å². The highest BCUT2D eigenvalue weighted by Crippen LogP contribution is 2.24. The van der Waals surface area contributed by atoms with E-state index in [1.54, 1.807) is 36.1 Å². The number of hydrogen-bond donors (Lipinski definition) is 1. The van der Waals surface area contributed by atoms with E-state index in [0.717, 1.165) is 11.1 Å². The molecule has 3 rings (SSSR count). The van der Waals surface area contributed by atoms with Crippen molar-refractivity contribution in [2.24, 2.45) is 0 Å². The molecule has 1 aliphatic rings. The molecule has 0 spiro atoms. The van der Waals surface area contributed by atoms with Crippen molar-refractivity contribution < 1.29 is 19.1 Å². The molecule has 1 amide bonds. The molecular weight excluding hydrogens is 270 g/mol. The van der Waals surface area contributed by atoms with Crippen molar-refractivity contribution in [3.63, 3.8) is 0 Å². The minimum absolute atomic E-state index is 0.158. The van der Waals surface area contributed by atoms with Crippen LogP contribution in [0.25, 0.3) is 0 Å². The molecule has 0 fully saturated rings. The Morgan fingerprint density at radius 3 is 2.71 bits per heavy atom. The second-order valence-corrected chi connectivity index (χ2v) is 5.14. The molecule has 0 aliphatic carbocycles. The summed E-state index contributed by atoms with van der Waals surface area (Å²) in [6, 6.07) is 8.62. The zero-order valence-corrected chi connectivity index (χ0v) is 11.6. The highest BCUT2D eigenvalue weighted by Gasteiger charge is 2.26. The fourth-order valence-electron chi connectivity index (χ4n) is 2.69. The molecule has 1 N–H and O–H groups in total. The third-order valence-corrected chi connectivity index (χ3v) is 3.73. The van der Waals surface area contributed by atoms with Crippen molar-refractivity contribution in [3.8, 4) is 0 Å². The first kappa shape index (κ1) is 13.4. The van der Waals surface area contributed by atoms with Crippen LogP contribution in [0.5, 0.6) is 0 Å². The van der Waals surface area contributed by atoms with E-state index in [4.69, 9.17) is 4.42 Å². The number of carboxylic acid groups (broad SMARTS) is 1. The molecule has 0 atom stereocenters. The Kier molecular flexibility index (Phi) is 3.25. The van der Waals surface area contributed by atoms with Crippen molar-refractivity contribution in [3.05, 3.63) is 58.5 Å². The van der Waals surface area contributed by atoms with Gasteiger partial charge in [-0.05, 0) is 42.7 Å². The molecule has 1 aromatic carbocycles. The van der Waals surface area contributed by atoms with Crippen LogP contribution in [0.3, 0.4) is 0 Å². The van der Waals surface area contributed by atoms with Crippen LogP contribution in [0, 0.1) is 6.92 Å². The number of aromatic carboxylic acids is 1. The van der Waals surface area contributed by atoms with E-state index >= 15 is 0 Å². The second kappa shape index (κ2) is 5.09. The molecule has 1 aromatic heterocycles. The summed E-state index contributed by atoms with van der Waals surface area (Å²) >= 11 is 0. The van der Waals surface area contributed by atoms with Gasteiger partial charge in [0.1, 0.15) is 5.76 Å². The molecule has 5 heteroatoms. The lowest BCUT2D eigenvalue weighted by Crippen LogP contribution is -2.36. The van der Waals surface area contributed by atoms with Gasteiger partial charge in [0.2, 0.25) is 0 Å². The zero-order chi connectivity index (χ0) is 15.0. The molecule has 108 valence electrons. The van der Waals surface area contributed by atoms with Gasteiger partial charge in [-0.1, -0.05) is 12.1 Å². The Labute approximate surface area is 121 Å². The molecule has 21 heavy (non-hydrogen) atoms. The number of amides is 1. The molecule has 5 nitrogen and oxygen atoms in total. The first-order valence-corrected chi connectivity index (χ1v) is 6.76. The van der Waals surface area contributed by atoms with Crippen molar-refractivity contribution in [1.82, 2.24) is 4.90 Å². The van der Waals surface area contributed by atoms with Gasteiger partial charge in [0.05, 0.1) is 5.56 Å². The number of carbonyl (C=O) groups is 2. The Balaban J connectivity index is 1.86. The number of carboxylic acids is 1. The first-order valence-electron chi connectivity index (χ1n) is 6.76. The largest absolute Gasteiger partial charge is 0.478 e. The van der Waals surface area contributed by atoms with Gasteiger partial charge in [-0.15, -0.1) is 0 Å². The number of hydrogen-bond acceptors (Lipinski definition) is 3. The van der Waals surface area contributed by atoms with E-state index in [9.17, 15) is 14.7 Å². The van der Waals surface area contributed by atoms with Crippen molar-refractivity contribution >= 4 is 11.9 Å². The quantitative estimate of drug-likeness (QED) is 0.920. The van der Waals surface area contributed by atoms with Crippen LogP contribution >= 0.6 is 0 Å². The molecule has 2 aromatic rings. The molecular formula is C16H15NO4. The maximum atomic E-state index is 12.4. The highest BCUT2D eigenvalue weighted by molar-refractivity contribution is 5.92. The number of rotatable bonds is 2. The topological polar surface area (TPSA) is 70.8 Å². The summed E-state index contributed by atoms with van der Waals surface area (Å²) in [6.45, 7) is 2.70. The Hall–Kier alpha value is -2.56. The Morgan fingerprint density at radius 2 is 2.05 bits per heavy atom. The second-order valence-electron chi connectivity index (χ2n) is 5.14. The van der Waals surface area contributed by atoms with Crippen LogP contribution in [-0.2, 0) is 13.0 Å². The number of nitrogens with zero attached hydrogens (tertiary/aromatic N) is 1. The van der Waals surface area contributed by atoms with Crippen LogP contribution in [0.4, 0.5) is 0 Å². The Bertz CT molecular complexity index is 717. The van der Waals surface area contributed by atoms with E-state index in [1.165, 1.54) is 0 Å². The van der Waals surface area contributed by atoms with Gasteiger partial charge >= 0.3 is 5.97 Å². The molecule has 0 bridgehead atoms. The predicted octanol–water partition coefficient (Wildman–Crippen LogP) is 2.48. The lowest BCUT2D eigenvalue weighted by atomic mass is 9.94. The van der Waals surface area contributed by atoms with Crippen LogP contribution < -0.4 is 0 Å². The Morgan fingerprint density at radius 1 is 1.24 bits per heavy atom. The van der Waals surface area contributed by atoms with Crippen molar-refractivity contribution in [2.45, 2.75) is 19.9 Å². The van der Waals surface area contributed by atoms with Crippen LogP contribution in [0.2, 0.25) is 0 Å². The van der Waals surface area contributed by atoms with Gasteiger partial charge in [-0.2, -0.15) is 0 Å². The minimum atomic E-state index is -0.923. The van der Waals surface area contributed by atoms with Gasteiger partial charge < -0.3 is 14.4 Å². The van der Waals surface area contributed by atoms with E-state index in [2.05, 4.69) is 0 Å². The fourth-order valence-corrected chi connectivity index (χ4v) is 2.69. The standard InChI is InChI=1S/C16H15NO4/c1-10-5-6-14(21-10)15(18)17-8-7-12-11(9-17)3-2-4-13(12)16(19)20/h2-6H,7-9H2,1H3,(H,19,20). The number of benzene rings is 1. The lowest BCUT2D eigenvalue weighted by Gasteiger charge is -2.29. The lowest BCUT2D eigenvalue weighted by molar-refractivity contribution is 0.0690. The predicted molar refractivity (Wildman–Crippen MR) is 75.3 cm³/mol. The van der Waals surface area contributed by atoms with Gasteiger partial charge in [0.15, 0.2) is 5.76 Å². The van der Waals surface area contributed by atoms with Crippen LogP contribution in [-0.4, -0.2) is 28.4 Å². The highest BCUT2D eigenvalue weighted by atomic mass is 16.4. The molecule has 2 heterocycles. The van der Waals surface area contributed by atoms with Crippen molar-refractivity contribution in [2.75, 3.05) is 6.54 Å². The molecule has 0 saturated heterocycles. The van der Waals surface area contributed by atoms with Gasteiger partial charge in [0, 0.05) is 13.1 Å². The SMILES string of the molecule is Cc1ccc(C(=O)N2CCc3c(cccc3C(=O)O)C2)o1.